The van der Waals surface area contributed by atoms with Crippen LogP contribution in [0.5, 0.6) is 0 Å². The Balaban J connectivity index is 1.80. The highest BCUT2D eigenvalue weighted by Gasteiger charge is 2.28. The molecule has 1 unspecified atom stereocenters. The van der Waals surface area contributed by atoms with Crippen molar-refractivity contribution >= 4 is 5.97 Å². The molecule has 1 fully saturated rings. The Morgan fingerprint density at radius 2 is 1.91 bits per heavy atom. The lowest BCUT2D eigenvalue weighted by Crippen LogP contribution is -2.21. The Hall–Kier alpha value is -1.35. The van der Waals surface area contributed by atoms with E-state index < -0.39 is 5.97 Å². The molecule has 1 saturated carbocycles. The first-order chi connectivity index (χ1) is 11.2. The Morgan fingerprint density at radius 1 is 1.13 bits per heavy atom. The van der Waals surface area contributed by atoms with Gasteiger partial charge in [-0.05, 0) is 49.3 Å². The van der Waals surface area contributed by atoms with Gasteiger partial charge in [-0.25, -0.2) is 4.79 Å². The van der Waals surface area contributed by atoms with E-state index in [1.54, 1.807) is 0 Å². The fraction of sp³-hybridized carbons (Fsp3) is 0.600. The predicted molar refractivity (Wildman–Crippen MR) is 91.7 cm³/mol. The van der Waals surface area contributed by atoms with Crippen LogP contribution < -0.4 is 0 Å². The molecule has 1 aliphatic rings. The lowest BCUT2D eigenvalue weighted by atomic mass is 9.85. The standard InChI is InChI=1S/C20H29O3/c1-3-5-6-9-16-12-14-18(15-13-16)20(21)23-22-19-11-8-7-10-17(19)4-2/h12-15,17H,3-11H2,1-2H3. The van der Waals surface area contributed by atoms with Crippen LogP contribution in [0.4, 0.5) is 0 Å². The molecular formula is C20H29O3. The molecule has 3 nitrogen and oxygen atoms in total. The summed E-state index contributed by atoms with van der Waals surface area (Å²) in [6.07, 6.45) is 11.1. The molecule has 0 heterocycles. The first-order valence-corrected chi connectivity index (χ1v) is 9.08. The van der Waals surface area contributed by atoms with E-state index in [1.165, 1.54) is 31.2 Å². The highest BCUT2D eigenvalue weighted by atomic mass is 17.2. The monoisotopic (exact) mass is 317 g/mol. The van der Waals surface area contributed by atoms with Gasteiger partial charge in [0.15, 0.2) is 6.10 Å². The van der Waals surface area contributed by atoms with Crippen LogP contribution in [-0.2, 0) is 16.2 Å². The Labute approximate surface area is 140 Å². The summed E-state index contributed by atoms with van der Waals surface area (Å²) < 4.78 is 0. The van der Waals surface area contributed by atoms with Crippen LogP contribution in [0.1, 0.15) is 81.1 Å². The van der Waals surface area contributed by atoms with Crippen LogP contribution in [0, 0.1) is 12.0 Å². The molecule has 0 spiro atoms. The molecule has 1 aromatic rings. The summed E-state index contributed by atoms with van der Waals surface area (Å²) in [4.78, 5) is 22.5. The maximum atomic E-state index is 12.1. The average molecular weight is 317 g/mol. The van der Waals surface area contributed by atoms with E-state index >= 15 is 0 Å². The Kier molecular flexibility index (Phi) is 7.60. The number of hydrogen-bond acceptors (Lipinski definition) is 3. The van der Waals surface area contributed by atoms with E-state index in [-0.39, 0.29) is 0 Å². The van der Waals surface area contributed by atoms with E-state index in [4.69, 9.17) is 9.78 Å². The molecule has 0 N–H and O–H groups in total. The quantitative estimate of drug-likeness (QED) is 0.353. The summed E-state index contributed by atoms with van der Waals surface area (Å²) in [5, 5.41) is 0. The van der Waals surface area contributed by atoms with Crippen LogP contribution in [-0.4, -0.2) is 5.97 Å². The minimum absolute atomic E-state index is 0.405. The molecule has 1 radical (unpaired) electrons. The number of benzene rings is 1. The van der Waals surface area contributed by atoms with Crippen molar-refractivity contribution in [3.63, 3.8) is 0 Å². The number of rotatable bonds is 8. The summed E-state index contributed by atoms with van der Waals surface area (Å²) in [6, 6.07) is 7.68. The van der Waals surface area contributed by atoms with Crippen molar-refractivity contribution in [3.05, 3.63) is 41.5 Å². The molecule has 3 heteroatoms. The van der Waals surface area contributed by atoms with Crippen LogP contribution in [0.15, 0.2) is 24.3 Å². The van der Waals surface area contributed by atoms with Gasteiger partial charge in [0.05, 0.1) is 5.56 Å². The third-order valence-corrected chi connectivity index (χ3v) is 4.66. The maximum absolute atomic E-state index is 12.1. The molecule has 0 saturated heterocycles. The minimum atomic E-state index is -0.405. The third kappa shape index (κ3) is 5.65. The van der Waals surface area contributed by atoms with Crippen LogP contribution >= 0.6 is 0 Å². The topological polar surface area (TPSA) is 35.5 Å². The second kappa shape index (κ2) is 9.71. The van der Waals surface area contributed by atoms with E-state index in [1.807, 2.05) is 24.3 Å². The minimum Gasteiger partial charge on any atom is -0.292 e. The van der Waals surface area contributed by atoms with E-state index in [2.05, 4.69) is 13.8 Å². The number of carbonyl (C=O) groups excluding carboxylic acids is 1. The first-order valence-electron chi connectivity index (χ1n) is 9.08. The summed E-state index contributed by atoms with van der Waals surface area (Å²) in [6.45, 7) is 4.35. The van der Waals surface area contributed by atoms with Gasteiger partial charge in [-0.15, -0.1) is 0 Å². The van der Waals surface area contributed by atoms with Gasteiger partial charge in [0, 0.05) is 0 Å². The highest BCUT2D eigenvalue weighted by molar-refractivity contribution is 5.88. The van der Waals surface area contributed by atoms with Gasteiger partial charge in [0.1, 0.15) is 0 Å². The zero-order chi connectivity index (χ0) is 16.5. The van der Waals surface area contributed by atoms with Crippen LogP contribution in [0.2, 0.25) is 0 Å². The molecule has 2 rings (SSSR count). The van der Waals surface area contributed by atoms with Gasteiger partial charge in [-0.1, -0.05) is 58.1 Å². The normalized spacial score (nSPS) is 18.8. The summed E-state index contributed by atoms with van der Waals surface area (Å²) in [5.74, 6) is 0.0236. The zero-order valence-corrected chi connectivity index (χ0v) is 14.5. The largest absolute Gasteiger partial charge is 0.373 e. The van der Waals surface area contributed by atoms with E-state index in [9.17, 15) is 4.79 Å². The molecule has 0 aromatic heterocycles. The van der Waals surface area contributed by atoms with Crippen molar-refractivity contribution in [1.29, 1.82) is 0 Å². The van der Waals surface area contributed by atoms with Crippen LogP contribution in [0.25, 0.3) is 0 Å². The number of unbranched alkanes of at least 4 members (excludes halogenated alkanes) is 2. The van der Waals surface area contributed by atoms with Crippen molar-refractivity contribution < 1.29 is 14.6 Å². The van der Waals surface area contributed by atoms with Gasteiger partial charge < -0.3 is 0 Å². The zero-order valence-electron chi connectivity index (χ0n) is 14.5. The van der Waals surface area contributed by atoms with Gasteiger partial charge in [0.25, 0.3) is 0 Å². The fourth-order valence-electron chi connectivity index (χ4n) is 3.12. The van der Waals surface area contributed by atoms with Gasteiger partial charge in [0.2, 0.25) is 0 Å². The fourth-order valence-corrected chi connectivity index (χ4v) is 3.12. The molecule has 127 valence electrons. The van der Waals surface area contributed by atoms with E-state index in [0.717, 1.165) is 38.2 Å². The predicted octanol–water partition coefficient (Wildman–Crippen LogP) is 5.64. The van der Waals surface area contributed by atoms with Crippen molar-refractivity contribution in [3.8, 4) is 0 Å². The second-order valence-corrected chi connectivity index (χ2v) is 6.43. The molecule has 0 amide bonds. The third-order valence-electron chi connectivity index (χ3n) is 4.66. The van der Waals surface area contributed by atoms with Crippen LogP contribution in [0.3, 0.4) is 0 Å². The molecule has 0 bridgehead atoms. The number of aryl methyl sites for hydroxylation is 1. The van der Waals surface area contributed by atoms with Crippen molar-refractivity contribution in [2.75, 3.05) is 0 Å². The maximum Gasteiger partial charge on any atom is 0.373 e. The molecule has 0 aliphatic heterocycles. The molecular weight excluding hydrogens is 288 g/mol. The van der Waals surface area contributed by atoms with Gasteiger partial charge in [-0.2, -0.15) is 4.89 Å². The van der Waals surface area contributed by atoms with Gasteiger partial charge in [-0.3, -0.25) is 4.89 Å². The summed E-state index contributed by atoms with van der Waals surface area (Å²) >= 11 is 0. The second-order valence-electron chi connectivity index (χ2n) is 6.43. The molecule has 1 aliphatic carbocycles. The number of hydrogen-bond donors (Lipinski definition) is 0. The summed E-state index contributed by atoms with van der Waals surface area (Å²) in [5.41, 5.74) is 1.82. The smallest absolute Gasteiger partial charge is 0.292 e. The average Bonchev–Trinajstić information content (AvgIpc) is 2.60. The highest BCUT2D eigenvalue weighted by Crippen LogP contribution is 2.34. The first kappa shape index (κ1) is 18.0. The van der Waals surface area contributed by atoms with E-state index in [0.29, 0.717) is 11.5 Å². The Morgan fingerprint density at radius 3 is 2.61 bits per heavy atom. The number of carbonyl (C=O) groups is 1. The van der Waals surface area contributed by atoms with Crippen molar-refractivity contribution in [2.45, 2.75) is 71.6 Å². The lowest BCUT2D eigenvalue weighted by Gasteiger charge is -2.27. The van der Waals surface area contributed by atoms with Crippen molar-refractivity contribution in [1.82, 2.24) is 0 Å². The molecule has 1 aromatic carbocycles. The Bertz CT molecular complexity index is 466. The van der Waals surface area contributed by atoms with Crippen molar-refractivity contribution in [2.24, 2.45) is 5.92 Å². The van der Waals surface area contributed by atoms with Gasteiger partial charge >= 0.3 is 5.97 Å². The molecule has 1 atom stereocenters. The summed E-state index contributed by atoms with van der Waals surface area (Å²) in [7, 11) is 0. The molecule has 23 heavy (non-hydrogen) atoms. The SMILES string of the molecule is CCCCCc1ccc(C(=O)OO[C]2CCCCC2CC)cc1. The lowest BCUT2D eigenvalue weighted by molar-refractivity contribution is -0.247.